The van der Waals surface area contributed by atoms with Crippen molar-refractivity contribution in [3.8, 4) is 0 Å². The van der Waals surface area contributed by atoms with Crippen molar-refractivity contribution in [2.75, 3.05) is 16.3 Å². The molecule has 0 atom stereocenters. The number of carbonyl (C=O) groups excluding carboxylic acids is 1. The lowest BCUT2D eigenvalue weighted by Crippen LogP contribution is -2.16. The van der Waals surface area contributed by atoms with E-state index < -0.39 is 10.0 Å². The van der Waals surface area contributed by atoms with Gasteiger partial charge in [-0.15, -0.1) is 0 Å². The monoisotopic (exact) mass is 352 g/mol. The molecule has 5 nitrogen and oxygen atoms in total. The van der Waals surface area contributed by atoms with Crippen molar-refractivity contribution in [2.45, 2.75) is 12.8 Å². The lowest BCUT2D eigenvalue weighted by Gasteiger charge is -2.12. The zero-order chi connectivity index (χ0) is 16.9. The number of halogens is 1. The minimum atomic E-state index is -3.42. The van der Waals surface area contributed by atoms with Gasteiger partial charge in [0.05, 0.1) is 17.6 Å². The van der Waals surface area contributed by atoms with Gasteiger partial charge in [-0.05, 0) is 30.2 Å². The standard InChI is InChI=1S/C16H17ClN2O3S/c1-23(21,22)19-15-9-5-4-8-14(15)18-16(20)11-10-12-6-2-3-7-13(12)17/h2-9,19H,10-11H2,1H3,(H,18,20). The van der Waals surface area contributed by atoms with Crippen LogP contribution < -0.4 is 10.0 Å². The minimum absolute atomic E-state index is 0.215. The highest BCUT2D eigenvalue weighted by Gasteiger charge is 2.10. The number of para-hydroxylation sites is 2. The van der Waals surface area contributed by atoms with E-state index in [1.807, 2.05) is 18.2 Å². The highest BCUT2D eigenvalue weighted by atomic mass is 35.5. The number of amides is 1. The molecule has 0 bridgehead atoms. The van der Waals surface area contributed by atoms with Gasteiger partial charge < -0.3 is 5.32 Å². The molecule has 122 valence electrons. The van der Waals surface area contributed by atoms with Crippen LogP contribution in [-0.4, -0.2) is 20.6 Å². The van der Waals surface area contributed by atoms with E-state index in [-0.39, 0.29) is 12.3 Å². The van der Waals surface area contributed by atoms with Gasteiger partial charge in [0.1, 0.15) is 0 Å². The van der Waals surface area contributed by atoms with Gasteiger partial charge in [0.15, 0.2) is 0 Å². The number of benzene rings is 2. The average molecular weight is 353 g/mol. The summed E-state index contributed by atoms with van der Waals surface area (Å²) in [5, 5.41) is 3.34. The Morgan fingerprint density at radius 1 is 1.04 bits per heavy atom. The molecule has 2 aromatic rings. The molecule has 23 heavy (non-hydrogen) atoms. The van der Waals surface area contributed by atoms with Gasteiger partial charge in [0.25, 0.3) is 0 Å². The van der Waals surface area contributed by atoms with Crippen LogP contribution in [0, 0.1) is 0 Å². The molecule has 0 aliphatic rings. The summed E-state index contributed by atoms with van der Waals surface area (Å²) in [5.41, 5.74) is 1.65. The second-order valence-electron chi connectivity index (χ2n) is 5.06. The third-order valence-electron chi connectivity index (χ3n) is 3.08. The lowest BCUT2D eigenvalue weighted by molar-refractivity contribution is -0.116. The molecule has 0 aromatic heterocycles. The maximum absolute atomic E-state index is 12.1. The summed E-state index contributed by atoms with van der Waals surface area (Å²) in [5.74, 6) is -0.215. The molecule has 2 rings (SSSR count). The summed E-state index contributed by atoms with van der Waals surface area (Å²) in [6, 6.07) is 14.0. The summed E-state index contributed by atoms with van der Waals surface area (Å²) >= 11 is 6.06. The van der Waals surface area contributed by atoms with E-state index in [9.17, 15) is 13.2 Å². The minimum Gasteiger partial charge on any atom is -0.324 e. The fourth-order valence-electron chi connectivity index (χ4n) is 2.04. The molecule has 1 amide bonds. The van der Waals surface area contributed by atoms with Crippen LogP contribution in [0.2, 0.25) is 5.02 Å². The number of anilines is 2. The van der Waals surface area contributed by atoms with E-state index in [4.69, 9.17) is 11.6 Å². The van der Waals surface area contributed by atoms with Crippen LogP contribution in [0.15, 0.2) is 48.5 Å². The predicted octanol–water partition coefficient (Wildman–Crippen LogP) is 3.28. The van der Waals surface area contributed by atoms with Crippen molar-refractivity contribution >= 4 is 38.9 Å². The van der Waals surface area contributed by atoms with Crippen LogP contribution in [0.5, 0.6) is 0 Å². The predicted molar refractivity (Wildman–Crippen MR) is 93.3 cm³/mol. The van der Waals surface area contributed by atoms with E-state index in [2.05, 4.69) is 10.0 Å². The summed E-state index contributed by atoms with van der Waals surface area (Å²) in [6.07, 6.45) is 1.81. The number of hydrogen-bond donors (Lipinski definition) is 2. The molecule has 0 heterocycles. The second-order valence-corrected chi connectivity index (χ2v) is 7.22. The normalized spacial score (nSPS) is 11.0. The second kappa shape index (κ2) is 7.48. The number of nitrogens with one attached hydrogen (secondary N) is 2. The molecule has 0 aliphatic heterocycles. The SMILES string of the molecule is CS(=O)(=O)Nc1ccccc1NC(=O)CCc1ccccc1Cl. The highest BCUT2D eigenvalue weighted by Crippen LogP contribution is 2.22. The Bertz CT molecular complexity index is 806. The number of sulfonamides is 1. The molecular weight excluding hydrogens is 336 g/mol. The molecule has 0 saturated heterocycles. The maximum Gasteiger partial charge on any atom is 0.229 e. The third-order valence-corrected chi connectivity index (χ3v) is 4.04. The molecular formula is C16H17ClN2O3S. The molecule has 0 radical (unpaired) electrons. The molecule has 7 heteroatoms. The smallest absolute Gasteiger partial charge is 0.229 e. The average Bonchev–Trinajstić information content (AvgIpc) is 2.47. The summed E-state index contributed by atoms with van der Waals surface area (Å²) in [7, 11) is -3.42. The van der Waals surface area contributed by atoms with E-state index in [1.165, 1.54) is 0 Å². The van der Waals surface area contributed by atoms with Crippen LogP contribution in [0.25, 0.3) is 0 Å². The first-order valence-electron chi connectivity index (χ1n) is 6.95. The zero-order valence-electron chi connectivity index (χ0n) is 12.5. The van der Waals surface area contributed by atoms with Crippen LogP contribution in [0.3, 0.4) is 0 Å². The van der Waals surface area contributed by atoms with E-state index in [1.54, 1.807) is 30.3 Å². The van der Waals surface area contributed by atoms with Crippen molar-refractivity contribution in [3.63, 3.8) is 0 Å². The largest absolute Gasteiger partial charge is 0.324 e. The molecule has 2 aromatic carbocycles. The van der Waals surface area contributed by atoms with Gasteiger partial charge in [-0.25, -0.2) is 8.42 Å². The Hall–Kier alpha value is -2.05. The number of carbonyl (C=O) groups is 1. The summed E-state index contributed by atoms with van der Waals surface area (Å²) < 4.78 is 25.1. The molecule has 2 N–H and O–H groups in total. The fourth-order valence-corrected chi connectivity index (χ4v) is 2.85. The summed E-state index contributed by atoms with van der Waals surface area (Å²) in [4.78, 5) is 12.1. The Labute approximate surface area is 140 Å². The first-order chi connectivity index (χ1) is 10.8. The number of hydrogen-bond acceptors (Lipinski definition) is 3. The van der Waals surface area contributed by atoms with Crippen molar-refractivity contribution in [2.24, 2.45) is 0 Å². The van der Waals surface area contributed by atoms with Crippen LogP contribution in [-0.2, 0) is 21.2 Å². The van der Waals surface area contributed by atoms with Crippen molar-refractivity contribution in [1.82, 2.24) is 0 Å². The van der Waals surface area contributed by atoms with Crippen molar-refractivity contribution < 1.29 is 13.2 Å². The van der Waals surface area contributed by atoms with Crippen molar-refractivity contribution in [1.29, 1.82) is 0 Å². The number of aryl methyl sites for hydroxylation is 1. The molecule has 0 fully saturated rings. The molecule has 0 spiro atoms. The lowest BCUT2D eigenvalue weighted by atomic mass is 10.1. The van der Waals surface area contributed by atoms with Crippen molar-refractivity contribution in [3.05, 3.63) is 59.1 Å². The Morgan fingerprint density at radius 3 is 2.30 bits per heavy atom. The van der Waals surface area contributed by atoms with Gasteiger partial charge in [-0.2, -0.15) is 0 Å². The maximum atomic E-state index is 12.1. The molecule has 0 saturated carbocycles. The quantitative estimate of drug-likeness (QED) is 0.837. The Balaban J connectivity index is 2.02. The highest BCUT2D eigenvalue weighted by molar-refractivity contribution is 7.92. The molecule has 0 aliphatic carbocycles. The Morgan fingerprint density at radius 2 is 1.65 bits per heavy atom. The van der Waals surface area contributed by atoms with Crippen LogP contribution in [0.1, 0.15) is 12.0 Å². The van der Waals surface area contributed by atoms with Gasteiger partial charge in [-0.3, -0.25) is 9.52 Å². The third kappa shape index (κ3) is 5.58. The van der Waals surface area contributed by atoms with Gasteiger partial charge in [-0.1, -0.05) is 41.9 Å². The molecule has 0 unspecified atom stereocenters. The van der Waals surface area contributed by atoms with E-state index in [0.29, 0.717) is 22.8 Å². The van der Waals surface area contributed by atoms with Gasteiger partial charge in [0.2, 0.25) is 15.9 Å². The van der Waals surface area contributed by atoms with Crippen LogP contribution in [0.4, 0.5) is 11.4 Å². The van der Waals surface area contributed by atoms with E-state index in [0.717, 1.165) is 11.8 Å². The first kappa shape index (κ1) is 17.3. The Kier molecular flexibility index (Phi) is 5.63. The van der Waals surface area contributed by atoms with Crippen LogP contribution >= 0.6 is 11.6 Å². The fraction of sp³-hybridized carbons (Fsp3) is 0.188. The zero-order valence-corrected chi connectivity index (χ0v) is 14.1. The van der Waals surface area contributed by atoms with E-state index >= 15 is 0 Å². The van der Waals surface area contributed by atoms with Gasteiger partial charge in [0, 0.05) is 11.4 Å². The summed E-state index contributed by atoms with van der Waals surface area (Å²) in [6.45, 7) is 0. The topological polar surface area (TPSA) is 75.3 Å². The number of rotatable bonds is 6. The van der Waals surface area contributed by atoms with Gasteiger partial charge >= 0.3 is 0 Å². The first-order valence-corrected chi connectivity index (χ1v) is 9.22.